The fraction of sp³-hybridized carbons (Fsp3) is 0.533. The zero-order chi connectivity index (χ0) is 15.8. The van der Waals surface area contributed by atoms with Crippen LogP contribution in [0.2, 0.25) is 0 Å². The van der Waals surface area contributed by atoms with E-state index in [0.29, 0.717) is 36.8 Å². The van der Waals surface area contributed by atoms with Gasteiger partial charge in [-0.25, -0.2) is 0 Å². The lowest BCUT2D eigenvalue weighted by Crippen LogP contribution is -2.40. The van der Waals surface area contributed by atoms with Crippen molar-refractivity contribution < 1.29 is 14.3 Å². The largest absolute Gasteiger partial charge is 0.494 e. The van der Waals surface area contributed by atoms with Crippen molar-refractivity contribution in [2.45, 2.75) is 19.9 Å². The predicted octanol–water partition coefficient (Wildman–Crippen LogP) is 1.57. The van der Waals surface area contributed by atoms with Crippen LogP contribution in [-0.4, -0.2) is 50.8 Å². The number of nitrogen functional groups attached to an aromatic ring is 1. The molecule has 0 aliphatic heterocycles. The summed E-state index contributed by atoms with van der Waals surface area (Å²) in [4.78, 5) is 14.2. The van der Waals surface area contributed by atoms with Crippen molar-refractivity contribution in [1.82, 2.24) is 4.90 Å². The van der Waals surface area contributed by atoms with E-state index in [1.54, 1.807) is 32.4 Å². The van der Waals surface area contributed by atoms with Crippen LogP contribution in [0, 0.1) is 0 Å². The minimum Gasteiger partial charge on any atom is -0.494 e. The van der Waals surface area contributed by atoms with Gasteiger partial charge in [-0.2, -0.15) is 0 Å². The van der Waals surface area contributed by atoms with E-state index in [2.05, 4.69) is 5.32 Å². The fourth-order valence-electron chi connectivity index (χ4n) is 1.91. The summed E-state index contributed by atoms with van der Waals surface area (Å²) in [6.07, 6.45) is 0. The highest BCUT2D eigenvalue weighted by molar-refractivity contribution is 5.94. The summed E-state index contributed by atoms with van der Waals surface area (Å²) in [7, 11) is 3.20. The summed E-state index contributed by atoms with van der Waals surface area (Å²) in [5, 5.41) is 2.85. The first-order valence-corrected chi connectivity index (χ1v) is 6.94. The first kappa shape index (κ1) is 17.3. The Kier molecular flexibility index (Phi) is 6.98. The Balaban J connectivity index is 2.67. The van der Waals surface area contributed by atoms with Crippen LogP contribution in [-0.2, 0) is 9.53 Å². The Hall–Kier alpha value is -1.79. The zero-order valence-corrected chi connectivity index (χ0v) is 13.2. The summed E-state index contributed by atoms with van der Waals surface area (Å²) in [5.74, 6) is 0.458. The summed E-state index contributed by atoms with van der Waals surface area (Å²) >= 11 is 0. The number of hydrogen-bond donors (Lipinski definition) is 2. The Morgan fingerprint density at radius 1 is 1.38 bits per heavy atom. The van der Waals surface area contributed by atoms with Gasteiger partial charge in [-0.3, -0.25) is 9.69 Å². The van der Waals surface area contributed by atoms with Gasteiger partial charge in [0.1, 0.15) is 5.75 Å². The Morgan fingerprint density at radius 3 is 2.67 bits per heavy atom. The van der Waals surface area contributed by atoms with Crippen LogP contribution in [0.5, 0.6) is 5.75 Å². The first-order chi connectivity index (χ1) is 9.97. The molecule has 6 nitrogen and oxygen atoms in total. The molecule has 6 heteroatoms. The van der Waals surface area contributed by atoms with Gasteiger partial charge in [0, 0.05) is 31.5 Å². The number of nitrogens with two attached hydrogens (primary N) is 1. The number of benzene rings is 1. The first-order valence-electron chi connectivity index (χ1n) is 6.94. The predicted molar refractivity (Wildman–Crippen MR) is 84.6 cm³/mol. The molecule has 0 unspecified atom stereocenters. The van der Waals surface area contributed by atoms with E-state index in [1.807, 2.05) is 18.7 Å². The van der Waals surface area contributed by atoms with E-state index in [1.165, 1.54) is 0 Å². The molecular weight excluding hydrogens is 270 g/mol. The number of anilines is 2. The van der Waals surface area contributed by atoms with Crippen LogP contribution in [0.4, 0.5) is 11.4 Å². The van der Waals surface area contributed by atoms with E-state index < -0.39 is 0 Å². The number of nitrogens with one attached hydrogen (secondary N) is 1. The van der Waals surface area contributed by atoms with Gasteiger partial charge in [0.25, 0.3) is 0 Å². The van der Waals surface area contributed by atoms with E-state index >= 15 is 0 Å². The molecule has 1 amide bonds. The van der Waals surface area contributed by atoms with Crippen LogP contribution >= 0.6 is 0 Å². The van der Waals surface area contributed by atoms with Gasteiger partial charge in [0.2, 0.25) is 5.91 Å². The van der Waals surface area contributed by atoms with Crippen molar-refractivity contribution in [3.05, 3.63) is 18.2 Å². The molecule has 0 aliphatic rings. The molecule has 118 valence electrons. The van der Waals surface area contributed by atoms with Gasteiger partial charge in [-0.15, -0.1) is 0 Å². The molecule has 3 N–H and O–H groups in total. The molecule has 1 aromatic rings. The average molecular weight is 295 g/mol. The van der Waals surface area contributed by atoms with Gasteiger partial charge in [0.15, 0.2) is 0 Å². The van der Waals surface area contributed by atoms with Crippen molar-refractivity contribution in [2.75, 3.05) is 45.0 Å². The zero-order valence-electron chi connectivity index (χ0n) is 13.2. The standard InChI is InChI=1S/C15H25N3O3/c1-11(2)18(7-8-20-3)10-15(19)17-13-6-5-12(16)9-14(13)21-4/h5-6,9,11H,7-8,10,16H2,1-4H3,(H,17,19). The number of carbonyl (C=O) groups is 1. The monoisotopic (exact) mass is 295 g/mol. The lowest BCUT2D eigenvalue weighted by atomic mass is 10.2. The van der Waals surface area contributed by atoms with Gasteiger partial charge in [0.05, 0.1) is 25.9 Å². The second kappa shape index (κ2) is 8.49. The summed E-state index contributed by atoms with van der Waals surface area (Å²) < 4.78 is 10.3. The Labute approximate surface area is 126 Å². The molecule has 0 saturated carbocycles. The lowest BCUT2D eigenvalue weighted by molar-refractivity contribution is -0.117. The quantitative estimate of drug-likeness (QED) is 0.712. The van der Waals surface area contributed by atoms with Crippen molar-refractivity contribution >= 4 is 17.3 Å². The Morgan fingerprint density at radius 2 is 2.10 bits per heavy atom. The van der Waals surface area contributed by atoms with E-state index in [0.717, 1.165) is 0 Å². The highest BCUT2D eigenvalue weighted by Gasteiger charge is 2.15. The molecule has 0 aromatic heterocycles. The summed E-state index contributed by atoms with van der Waals surface area (Å²) in [5.41, 5.74) is 6.90. The highest BCUT2D eigenvalue weighted by Crippen LogP contribution is 2.26. The molecular formula is C15H25N3O3. The normalized spacial score (nSPS) is 11.0. The molecule has 0 spiro atoms. The van der Waals surface area contributed by atoms with Gasteiger partial charge < -0.3 is 20.5 Å². The number of carbonyl (C=O) groups excluding carboxylic acids is 1. The van der Waals surface area contributed by atoms with E-state index in [9.17, 15) is 4.79 Å². The van der Waals surface area contributed by atoms with Gasteiger partial charge >= 0.3 is 0 Å². The smallest absolute Gasteiger partial charge is 0.238 e. The van der Waals surface area contributed by atoms with E-state index in [4.69, 9.17) is 15.2 Å². The fourth-order valence-corrected chi connectivity index (χ4v) is 1.91. The summed E-state index contributed by atoms with van der Waals surface area (Å²) in [6.45, 7) is 5.70. The van der Waals surface area contributed by atoms with Crippen molar-refractivity contribution in [3.8, 4) is 5.75 Å². The second-order valence-electron chi connectivity index (χ2n) is 5.06. The number of ether oxygens (including phenoxy) is 2. The van der Waals surface area contributed by atoms with Crippen LogP contribution in [0.15, 0.2) is 18.2 Å². The van der Waals surface area contributed by atoms with E-state index in [-0.39, 0.29) is 11.9 Å². The number of nitrogens with zero attached hydrogens (tertiary/aromatic N) is 1. The second-order valence-corrected chi connectivity index (χ2v) is 5.06. The molecule has 21 heavy (non-hydrogen) atoms. The minimum atomic E-state index is -0.0946. The number of methoxy groups -OCH3 is 2. The Bertz CT molecular complexity index is 463. The lowest BCUT2D eigenvalue weighted by Gasteiger charge is -2.25. The van der Waals surface area contributed by atoms with Crippen molar-refractivity contribution in [2.24, 2.45) is 0 Å². The number of rotatable bonds is 8. The van der Waals surface area contributed by atoms with Crippen LogP contribution in [0.25, 0.3) is 0 Å². The number of hydrogen-bond acceptors (Lipinski definition) is 5. The third-order valence-electron chi connectivity index (χ3n) is 3.16. The molecule has 0 bridgehead atoms. The van der Waals surface area contributed by atoms with Gasteiger partial charge in [-0.1, -0.05) is 0 Å². The SMILES string of the molecule is COCCN(CC(=O)Nc1ccc(N)cc1OC)C(C)C. The maximum Gasteiger partial charge on any atom is 0.238 e. The molecule has 0 aliphatic carbocycles. The molecule has 0 atom stereocenters. The van der Waals surface area contributed by atoms with Crippen molar-refractivity contribution in [3.63, 3.8) is 0 Å². The van der Waals surface area contributed by atoms with Gasteiger partial charge in [-0.05, 0) is 26.0 Å². The van der Waals surface area contributed by atoms with Crippen LogP contribution in [0.1, 0.15) is 13.8 Å². The molecule has 0 fully saturated rings. The molecule has 0 radical (unpaired) electrons. The maximum absolute atomic E-state index is 12.2. The molecule has 0 heterocycles. The number of amides is 1. The highest BCUT2D eigenvalue weighted by atomic mass is 16.5. The average Bonchev–Trinajstić information content (AvgIpc) is 2.44. The topological polar surface area (TPSA) is 76.8 Å². The molecule has 1 rings (SSSR count). The van der Waals surface area contributed by atoms with Crippen LogP contribution < -0.4 is 15.8 Å². The summed E-state index contributed by atoms with van der Waals surface area (Å²) in [6, 6.07) is 5.41. The maximum atomic E-state index is 12.2. The third kappa shape index (κ3) is 5.61. The molecule has 1 aromatic carbocycles. The minimum absolute atomic E-state index is 0.0946. The molecule has 0 saturated heterocycles. The van der Waals surface area contributed by atoms with Crippen molar-refractivity contribution in [1.29, 1.82) is 0 Å². The van der Waals surface area contributed by atoms with Crippen LogP contribution in [0.3, 0.4) is 0 Å². The third-order valence-corrected chi connectivity index (χ3v) is 3.16.